The molecule has 0 radical (unpaired) electrons. The molecule has 18 heavy (non-hydrogen) atoms. The van der Waals surface area contributed by atoms with Crippen LogP contribution in [-0.2, 0) is 12.1 Å². The zero-order chi connectivity index (χ0) is 13.8. The van der Waals surface area contributed by atoms with E-state index >= 15 is 0 Å². The number of aryl methyl sites for hydroxylation is 1. The molecule has 1 atom stereocenters. The van der Waals surface area contributed by atoms with Crippen molar-refractivity contribution in [3.05, 3.63) is 18.0 Å². The van der Waals surface area contributed by atoms with Gasteiger partial charge in [-0.1, -0.05) is 6.92 Å². The second-order valence-electron chi connectivity index (χ2n) is 6.14. The molecule has 0 amide bonds. The van der Waals surface area contributed by atoms with Crippen LogP contribution >= 0.6 is 0 Å². The minimum absolute atomic E-state index is 0.0831. The minimum atomic E-state index is -0.829. The first kappa shape index (κ1) is 15.2. The number of hydrogen-bond acceptors (Lipinski definition) is 3. The summed E-state index contributed by atoms with van der Waals surface area (Å²) in [4.78, 5) is 0. The molecule has 1 rings (SSSR count). The molecule has 2 N–H and O–H groups in total. The van der Waals surface area contributed by atoms with Crippen LogP contribution in [0.4, 0.5) is 0 Å². The molecule has 1 aromatic heterocycles. The van der Waals surface area contributed by atoms with E-state index in [2.05, 4.69) is 38.1 Å². The largest absolute Gasteiger partial charge is 0.384 e. The highest BCUT2D eigenvalue weighted by atomic mass is 16.3. The van der Waals surface area contributed by atoms with Gasteiger partial charge < -0.3 is 10.4 Å². The molecule has 1 aromatic rings. The molecular formula is C14H27N3O. The Morgan fingerprint density at radius 1 is 1.33 bits per heavy atom. The Hall–Kier alpha value is -0.870. The van der Waals surface area contributed by atoms with Crippen molar-refractivity contribution in [2.75, 3.05) is 6.54 Å². The molecule has 1 heterocycles. The van der Waals surface area contributed by atoms with Crippen LogP contribution in [0.1, 0.15) is 53.2 Å². The van der Waals surface area contributed by atoms with E-state index in [4.69, 9.17) is 0 Å². The predicted octanol–water partition coefficient (Wildman–Crippen LogP) is 2.28. The van der Waals surface area contributed by atoms with Crippen LogP contribution in [0.25, 0.3) is 0 Å². The molecule has 0 bridgehead atoms. The first-order valence-corrected chi connectivity index (χ1v) is 6.76. The first-order chi connectivity index (χ1) is 8.26. The number of aliphatic hydroxyl groups is 1. The molecule has 1 unspecified atom stereocenters. The third kappa shape index (κ3) is 4.42. The Morgan fingerprint density at radius 3 is 2.56 bits per heavy atom. The molecule has 0 saturated carbocycles. The van der Waals surface area contributed by atoms with E-state index in [0.29, 0.717) is 6.42 Å². The molecular weight excluding hydrogens is 226 g/mol. The van der Waals surface area contributed by atoms with Crippen LogP contribution in [-0.4, -0.2) is 27.0 Å². The zero-order valence-corrected chi connectivity index (χ0v) is 12.3. The smallest absolute Gasteiger partial charge is 0.105 e. The van der Waals surface area contributed by atoms with Crippen molar-refractivity contribution in [1.82, 2.24) is 15.1 Å². The van der Waals surface area contributed by atoms with E-state index in [0.717, 1.165) is 25.2 Å². The van der Waals surface area contributed by atoms with Crippen molar-refractivity contribution in [3.8, 4) is 0 Å². The number of nitrogens with one attached hydrogen (secondary N) is 1. The highest BCUT2D eigenvalue weighted by molar-refractivity contribution is 5.10. The van der Waals surface area contributed by atoms with Gasteiger partial charge in [-0.3, -0.25) is 4.68 Å². The topological polar surface area (TPSA) is 50.1 Å². The SMILES string of the molecule is CCCn1nccc1C(C)(O)CCNC(C)(C)C. The Morgan fingerprint density at radius 2 is 2.00 bits per heavy atom. The van der Waals surface area contributed by atoms with E-state index in [1.165, 1.54) is 0 Å². The third-order valence-corrected chi connectivity index (χ3v) is 2.97. The number of aromatic nitrogens is 2. The monoisotopic (exact) mass is 253 g/mol. The minimum Gasteiger partial charge on any atom is -0.384 e. The van der Waals surface area contributed by atoms with Crippen molar-refractivity contribution in [3.63, 3.8) is 0 Å². The summed E-state index contributed by atoms with van der Waals surface area (Å²) < 4.78 is 1.90. The van der Waals surface area contributed by atoms with Gasteiger partial charge in [0.15, 0.2) is 0 Å². The van der Waals surface area contributed by atoms with Crippen molar-refractivity contribution >= 4 is 0 Å². The normalized spacial score (nSPS) is 15.7. The lowest BCUT2D eigenvalue weighted by Gasteiger charge is -2.27. The maximum absolute atomic E-state index is 10.6. The second-order valence-corrected chi connectivity index (χ2v) is 6.14. The molecule has 104 valence electrons. The summed E-state index contributed by atoms with van der Waals surface area (Å²) >= 11 is 0. The summed E-state index contributed by atoms with van der Waals surface area (Å²) in [7, 11) is 0. The van der Waals surface area contributed by atoms with Gasteiger partial charge in [0.2, 0.25) is 0 Å². The van der Waals surface area contributed by atoms with E-state index < -0.39 is 5.60 Å². The van der Waals surface area contributed by atoms with Gasteiger partial charge in [-0.15, -0.1) is 0 Å². The van der Waals surface area contributed by atoms with Crippen LogP contribution in [0.3, 0.4) is 0 Å². The van der Waals surface area contributed by atoms with Gasteiger partial charge in [0.1, 0.15) is 5.60 Å². The van der Waals surface area contributed by atoms with Crippen LogP contribution in [0.5, 0.6) is 0 Å². The molecule has 0 aliphatic rings. The summed E-state index contributed by atoms with van der Waals surface area (Å²) in [5.41, 5.74) is 0.156. The van der Waals surface area contributed by atoms with Gasteiger partial charge in [-0.25, -0.2) is 0 Å². The summed E-state index contributed by atoms with van der Waals surface area (Å²) in [6.07, 6.45) is 3.46. The van der Waals surface area contributed by atoms with Crippen LogP contribution in [0.2, 0.25) is 0 Å². The fourth-order valence-corrected chi connectivity index (χ4v) is 1.99. The Labute approximate surface area is 110 Å². The van der Waals surface area contributed by atoms with Crippen molar-refractivity contribution in [1.29, 1.82) is 0 Å². The summed E-state index contributed by atoms with van der Waals surface area (Å²) in [5, 5.41) is 18.2. The molecule has 0 spiro atoms. The fraction of sp³-hybridized carbons (Fsp3) is 0.786. The maximum atomic E-state index is 10.6. The van der Waals surface area contributed by atoms with E-state index in [-0.39, 0.29) is 5.54 Å². The predicted molar refractivity (Wildman–Crippen MR) is 74.5 cm³/mol. The standard InChI is InChI=1S/C14H27N3O/c1-6-11-17-12(7-9-16-17)14(5,18)8-10-15-13(2,3)4/h7,9,15,18H,6,8,10-11H2,1-5H3. The Bertz CT molecular complexity index is 363. The highest BCUT2D eigenvalue weighted by Gasteiger charge is 2.27. The summed E-state index contributed by atoms with van der Waals surface area (Å²) in [6.45, 7) is 12.0. The second kappa shape index (κ2) is 5.85. The average Bonchev–Trinajstić information content (AvgIpc) is 2.64. The van der Waals surface area contributed by atoms with E-state index in [1.54, 1.807) is 6.20 Å². The molecule has 0 saturated heterocycles. The van der Waals surface area contributed by atoms with Gasteiger partial charge in [-0.05, 0) is 53.1 Å². The molecule has 0 aromatic carbocycles. The zero-order valence-electron chi connectivity index (χ0n) is 12.3. The lowest BCUT2D eigenvalue weighted by molar-refractivity contribution is 0.0370. The summed E-state index contributed by atoms with van der Waals surface area (Å²) in [5.74, 6) is 0. The lowest BCUT2D eigenvalue weighted by Crippen LogP contribution is -2.39. The van der Waals surface area contributed by atoms with E-state index in [1.807, 2.05) is 17.7 Å². The van der Waals surface area contributed by atoms with Crippen molar-refractivity contribution < 1.29 is 5.11 Å². The fourth-order valence-electron chi connectivity index (χ4n) is 1.99. The third-order valence-electron chi connectivity index (χ3n) is 2.97. The molecule has 0 fully saturated rings. The van der Waals surface area contributed by atoms with Crippen molar-refractivity contribution in [2.45, 2.75) is 65.1 Å². The van der Waals surface area contributed by atoms with Crippen molar-refractivity contribution in [2.24, 2.45) is 0 Å². The Balaban J connectivity index is 2.64. The number of nitrogens with zero attached hydrogens (tertiary/aromatic N) is 2. The quantitative estimate of drug-likeness (QED) is 0.817. The molecule has 0 aliphatic heterocycles. The molecule has 4 heteroatoms. The maximum Gasteiger partial charge on any atom is 0.105 e. The van der Waals surface area contributed by atoms with Crippen LogP contribution in [0, 0.1) is 0 Å². The first-order valence-electron chi connectivity index (χ1n) is 6.76. The van der Waals surface area contributed by atoms with Gasteiger partial charge in [0, 0.05) is 18.3 Å². The van der Waals surface area contributed by atoms with Crippen LogP contribution in [0.15, 0.2) is 12.3 Å². The summed E-state index contributed by atoms with van der Waals surface area (Å²) in [6, 6.07) is 1.91. The highest BCUT2D eigenvalue weighted by Crippen LogP contribution is 2.24. The molecule has 0 aliphatic carbocycles. The Kier molecular flexibility index (Phi) is 4.93. The average molecular weight is 253 g/mol. The van der Waals surface area contributed by atoms with Gasteiger partial charge >= 0.3 is 0 Å². The van der Waals surface area contributed by atoms with Gasteiger partial charge in [0.25, 0.3) is 0 Å². The van der Waals surface area contributed by atoms with Gasteiger partial charge in [0.05, 0.1) is 5.69 Å². The van der Waals surface area contributed by atoms with Gasteiger partial charge in [-0.2, -0.15) is 5.10 Å². The van der Waals surface area contributed by atoms with Crippen LogP contribution < -0.4 is 5.32 Å². The number of hydrogen-bond donors (Lipinski definition) is 2. The molecule has 4 nitrogen and oxygen atoms in total. The van der Waals surface area contributed by atoms with E-state index in [9.17, 15) is 5.11 Å². The number of rotatable bonds is 6. The lowest BCUT2D eigenvalue weighted by atomic mass is 9.97.